The first-order chi connectivity index (χ1) is 6.04. The van der Waals surface area contributed by atoms with Gasteiger partial charge in [-0.15, -0.1) is 0 Å². The molecule has 0 fully saturated rings. The number of rotatable bonds is 2. The molecule has 1 aromatic rings. The second-order valence-electron chi connectivity index (χ2n) is 2.14. The van der Waals surface area contributed by atoms with Crippen molar-refractivity contribution in [1.29, 1.82) is 0 Å². The van der Waals surface area contributed by atoms with Crippen LogP contribution in [-0.4, -0.2) is 15.8 Å². The Bertz CT molecular complexity index is 347. The number of aromatic nitrogens is 1. The summed E-state index contributed by atoms with van der Waals surface area (Å²) in [6, 6.07) is 0. The number of carbonyl (C=O) groups is 1. The number of hydrogen-bond donors (Lipinski definition) is 1. The number of hydrogen-bond acceptors (Lipinski definition) is 4. The van der Waals surface area contributed by atoms with E-state index in [2.05, 4.69) is 4.98 Å². The van der Waals surface area contributed by atoms with Gasteiger partial charge in [-0.05, 0) is 0 Å². The number of carbonyl (C=O) groups excluding carboxylic acids is 1. The number of halogens is 1. The van der Waals surface area contributed by atoms with E-state index in [-0.39, 0.29) is 10.6 Å². The predicted octanol–water partition coefficient (Wildman–Crippen LogP) is 0.742. The standard InChI is InChI=1S/C6H4ClN3O3/c7-5-3(6(8)11)1-9-2-4(5)10(12)13/h1-2H,(H2,8,11). The molecule has 0 saturated heterocycles. The first-order valence-corrected chi connectivity index (χ1v) is 3.49. The summed E-state index contributed by atoms with van der Waals surface area (Å²) in [6.45, 7) is 0. The fourth-order valence-corrected chi connectivity index (χ4v) is 0.993. The van der Waals surface area contributed by atoms with Crippen molar-refractivity contribution >= 4 is 23.2 Å². The third-order valence-electron chi connectivity index (χ3n) is 1.32. The van der Waals surface area contributed by atoms with Gasteiger partial charge in [0.2, 0.25) is 0 Å². The lowest BCUT2D eigenvalue weighted by Gasteiger charge is -1.98. The molecule has 1 heterocycles. The summed E-state index contributed by atoms with van der Waals surface area (Å²) in [7, 11) is 0. The van der Waals surface area contributed by atoms with Crippen molar-refractivity contribution in [1.82, 2.24) is 4.98 Å². The number of primary amides is 1. The molecule has 2 N–H and O–H groups in total. The average molecular weight is 202 g/mol. The second kappa shape index (κ2) is 3.36. The van der Waals surface area contributed by atoms with E-state index >= 15 is 0 Å². The fraction of sp³-hybridized carbons (Fsp3) is 0. The Kier molecular flexibility index (Phi) is 2.43. The SMILES string of the molecule is NC(=O)c1cncc([N+](=O)[O-])c1Cl. The van der Waals surface area contributed by atoms with Crippen LogP contribution in [0.1, 0.15) is 10.4 Å². The van der Waals surface area contributed by atoms with Crippen molar-refractivity contribution < 1.29 is 9.72 Å². The van der Waals surface area contributed by atoms with Crippen molar-refractivity contribution in [2.45, 2.75) is 0 Å². The average Bonchev–Trinajstić information content (AvgIpc) is 2.03. The summed E-state index contributed by atoms with van der Waals surface area (Å²) in [4.78, 5) is 23.7. The van der Waals surface area contributed by atoms with Gasteiger partial charge >= 0.3 is 5.69 Å². The van der Waals surface area contributed by atoms with Crippen molar-refractivity contribution in [3.05, 3.63) is 33.1 Å². The molecule has 0 radical (unpaired) electrons. The topological polar surface area (TPSA) is 99.1 Å². The van der Waals surface area contributed by atoms with Gasteiger partial charge in [-0.1, -0.05) is 11.6 Å². The van der Waals surface area contributed by atoms with Crippen LogP contribution in [0.15, 0.2) is 12.4 Å². The third-order valence-corrected chi connectivity index (χ3v) is 1.72. The van der Waals surface area contributed by atoms with Gasteiger partial charge in [0.25, 0.3) is 5.91 Å². The monoisotopic (exact) mass is 201 g/mol. The summed E-state index contributed by atoms with van der Waals surface area (Å²) in [5, 5.41) is 10.0. The molecule has 0 saturated carbocycles. The molecule has 7 heteroatoms. The number of nitrogens with two attached hydrogens (primary N) is 1. The third kappa shape index (κ3) is 1.73. The van der Waals surface area contributed by atoms with Crippen LogP contribution in [0.25, 0.3) is 0 Å². The molecule has 0 aliphatic carbocycles. The Morgan fingerprint density at radius 2 is 2.23 bits per heavy atom. The lowest BCUT2D eigenvalue weighted by atomic mass is 10.2. The van der Waals surface area contributed by atoms with Crippen molar-refractivity contribution in [2.24, 2.45) is 5.73 Å². The van der Waals surface area contributed by atoms with E-state index in [0.29, 0.717) is 0 Å². The highest BCUT2D eigenvalue weighted by molar-refractivity contribution is 6.35. The van der Waals surface area contributed by atoms with E-state index in [9.17, 15) is 14.9 Å². The molecule has 68 valence electrons. The number of nitrogens with zero attached hydrogens (tertiary/aromatic N) is 2. The molecule has 0 spiro atoms. The molecule has 0 unspecified atom stereocenters. The van der Waals surface area contributed by atoms with Gasteiger partial charge in [-0.25, -0.2) is 0 Å². The van der Waals surface area contributed by atoms with Crippen LogP contribution in [0.4, 0.5) is 5.69 Å². The predicted molar refractivity (Wildman–Crippen MR) is 44.4 cm³/mol. The fourth-order valence-electron chi connectivity index (χ4n) is 0.733. The zero-order valence-electron chi connectivity index (χ0n) is 6.23. The van der Waals surface area contributed by atoms with Crippen molar-refractivity contribution in [3.8, 4) is 0 Å². The minimum atomic E-state index is -0.846. The lowest BCUT2D eigenvalue weighted by molar-refractivity contribution is -0.385. The molecule has 1 aromatic heterocycles. The van der Waals surface area contributed by atoms with E-state index in [0.717, 1.165) is 12.4 Å². The summed E-state index contributed by atoms with van der Waals surface area (Å²) < 4.78 is 0. The van der Waals surface area contributed by atoms with Gasteiger partial charge in [0, 0.05) is 6.20 Å². The maximum absolute atomic E-state index is 10.7. The van der Waals surface area contributed by atoms with Crippen LogP contribution in [0.2, 0.25) is 5.02 Å². The highest BCUT2D eigenvalue weighted by atomic mass is 35.5. The highest BCUT2D eigenvalue weighted by Crippen LogP contribution is 2.25. The van der Waals surface area contributed by atoms with Crippen LogP contribution < -0.4 is 5.73 Å². The minimum Gasteiger partial charge on any atom is -0.366 e. The van der Waals surface area contributed by atoms with Gasteiger partial charge in [0.15, 0.2) is 0 Å². The van der Waals surface area contributed by atoms with E-state index in [1.54, 1.807) is 0 Å². The molecule has 0 aromatic carbocycles. The highest BCUT2D eigenvalue weighted by Gasteiger charge is 2.18. The van der Waals surface area contributed by atoms with Crippen LogP contribution in [0.3, 0.4) is 0 Å². The molecule has 0 aliphatic heterocycles. The molecular formula is C6H4ClN3O3. The van der Waals surface area contributed by atoms with Crippen LogP contribution in [0.5, 0.6) is 0 Å². The Morgan fingerprint density at radius 1 is 1.62 bits per heavy atom. The van der Waals surface area contributed by atoms with E-state index in [1.807, 2.05) is 0 Å². The maximum atomic E-state index is 10.7. The number of nitro groups is 1. The Morgan fingerprint density at radius 3 is 2.69 bits per heavy atom. The molecule has 6 nitrogen and oxygen atoms in total. The normalized spacial score (nSPS) is 9.62. The van der Waals surface area contributed by atoms with E-state index < -0.39 is 16.5 Å². The molecule has 0 aliphatic rings. The van der Waals surface area contributed by atoms with Gasteiger partial charge < -0.3 is 5.73 Å². The zero-order valence-corrected chi connectivity index (χ0v) is 6.99. The summed E-state index contributed by atoms with van der Waals surface area (Å²) >= 11 is 5.52. The van der Waals surface area contributed by atoms with E-state index in [1.165, 1.54) is 0 Å². The van der Waals surface area contributed by atoms with Crippen LogP contribution in [0, 0.1) is 10.1 Å². The first kappa shape index (κ1) is 9.40. The van der Waals surface area contributed by atoms with E-state index in [4.69, 9.17) is 17.3 Å². The first-order valence-electron chi connectivity index (χ1n) is 3.11. The Balaban J connectivity index is 3.35. The van der Waals surface area contributed by atoms with Crippen molar-refractivity contribution in [3.63, 3.8) is 0 Å². The molecule has 1 amide bonds. The van der Waals surface area contributed by atoms with Gasteiger partial charge in [-0.3, -0.25) is 19.9 Å². The number of pyridine rings is 1. The molecule has 1 rings (SSSR count). The molecule has 13 heavy (non-hydrogen) atoms. The van der Waals surface area contributed by atoms with Gasteiger partial charge in [0.1, 0.15) is 11.2 Å². The quantitative estimate of drug-likeness (QED) is 0.563. The molecule has 0 atom stereocenters. The number of amides is 1. The van der Waals surface area contributed by atoms with Gasteiger partial charge in [0.05, 0.1) is 10.5 Å². The summed E-state index contributed by atoms with van der Waals surface area (Å²) in [5.74, 6) is -0.846. The molecule has 0 bridgehead atoms. The van der Waals surface area contributed by atoms with Crippen LogP contribution >= 0.6 is 11.6 Å². The zero-order chi connectivity index (χ0) is 10.0. The Hall–Kier alpha value is -1.69. The Labute approximate surface area is 77.5 Å². The summed E-state index contributed by atoms with van der Waals surface area (Å²) in [5.41, 5.74) is 4.31. The van der Waals surface area contributed by atoms with Crippen molar-refractivity contribution in [2.75, 3.05) is 0 Å². The van der Waals surface area contributed by atoms with Gasteiger partial charge in [-0.2, -0.15) is 0 Å². The summed E-state index contributed by atoms with van der Waals surface area (Å²) in [6.07, 6.45) is 2.03. The largest absolute Gasteiger partial charge is 0.366 e. The maximum Gasteiger partial charge on any atom is 0.306 e. The van der Waals surface area contributed by atoms with Crippen LogP contribution in [-0.2, 0) is 0 Å². The lowest BCUT2D eigenvalue weighted by Crippen LogP contribution is -2.12. The molecular weight excluding hydrogens is 198 g/mol. The smallest absolute Gasteiger partial charge is 0.306 e. The second-order valence-corrected chi connectivity index (χ2v) is 2.52. The minimum absolute atomic E-state index is 0.157.